The maximum absolute atomic E-state index is 12.2. The summed E-state index contributed by atoms with van der Waals surface area (Å²) < 4.78 is 0. The van der Waals surface area contributed by atoms with Gasteiger partial charge in [0.1, 0.15) is 0 Å². The van der Waals surface area contributed by atoms with Gasteiger partial charge in [-0.1, -0.05) is 11.8 Å². The Labute approximate surface area is 127 Å². The molecule has 0 aromatic carbocycles. The molecule has 0 fully saturated rings. The lowest BCUT2D eigenvalue weighted by Crippen LogP contribution is -2.24. The molecule has 2 rings (SSSR count). The number of rotatable bonds is 3. The molecule has 5 nitrogen and oxygen atoms in total. The molecule has 0 aliphatic carbocycles. The van der Waals surface area contributed by atoms with Gasteiger partial charge in [0.15, 0.2) is 0 Å². The van der Waals surface area contributed by atoms with Crippen molar-refractivity contribution in [1.29, 1.82) is 0 Å². The number of amides is 1. The Morgan fingerprint density at radius 3 is 3.00 bits per heavy atom. The molecular formula is C15H16N4OS. The van der Waals surface area contributed by atoms with Crippen LogP contribution in [0, 0.1) is 25.7 Å². The van der Waals surface area contributed by atoms with Gasteiger partial charge >= 0.3 is 0 Å². The minimum atomic E-state index is -0.156. The lowest BCUT2D eigenvalue weighted by atomic mass is 10.2. The summed E-state index contributed by atoms with van der Waals surface area (Å²) >= 11 is 1.56. The zero-order chi connectivity index (χ0) is 15.2. The highest BCUT2D eigenvalue weighted by Crippen LogP contribution is 2.16. The van der Waals surface area contributed by atoms with E-state index in [4.69, 9.17) is 5.73 Å². The van der Waals surface area contributed by atoms with Crippen LogP contribution in [0.5, 0.6) is 0 Å². The van der Waals surface area contributed by atoms with Crippen molar-refractivity contribution in [3.8, 4) is 11.8 Å². The fourth-order valence-electron chi connectivity index (χ4n) is 1.77. The summed E-state index contributed by atoms with van der Waals surface area (Å²) in [4.78, 5) is 13.2. The highest BCUT2D eigenvalue weighted by molar-refractivity contribution is 7.10. The number of thiophene rings is 1. The van der Waals surface area contributed by atoms with Gasteiger partial charge in [-0.15, -0.1) is 11.3 Å². The first-order valence-corrected chi connectivity index (χ1v) is 7.34. The van der Waals surface area contributed by atoms with Crippen LogP contribution in [0.25, 0.3) is 0 Å². The summed E-state index contributed by atoms with van der Waals surface area (Å²) in [6, 6.07) is 3.67. The van der Waals surface area contributed by atoms with E-state index in [0.717, 1.165) is 16.1 Å². The van der Waals surface area contributed by atoms with Gasteiger partial charge < -0.3 is 11.1 Å². The molecule has 0 radical (unpaired) electrons. The number of nitrogens with zero attached hydrogens (tertiary/aromatic N) is 2. The topological polar surface area (TPSA) is 80.9 Å². The molecule has 6 heteroatoms. The first-order chi connectivity index (χ1) is 10.1. The second-order valence-corrected chi connectivity index (χ2v) is 5.43. The third-order valence-corrected chi connectivity index (χ3v) is 3.75. The van der Waals surface area contributed by atoms with Crippen molar-refractivity contribution < 1.29 is 4.79 Å². The molecule has 2 aromatic heterocycles. The highest BCUT2D eigenvalue weighted by Gasteiger charge is 2.12. The van der Waals surface area contributed by atoms with Crippen LogP contribution in [0.1, 0.15) is 32.2 Å². The molecule has 21 heavy (non-hydrogen) atoms. The summed E-state index contributed by atoms with van der Waals surface area (Å²) in [5, 5.41) is 12.7. The summed E-state index contributed by atoms with van der Waals surface area (Å²) in [6.45, 7) is 4.34. The van der Waals surface area contributed by atoms with Gasteiger partial charge in [-0.25, -0.2) is 0 Å². The van der Waals surface area contributed by atoms with Crippen LogP contribution in [-0.4, -0.2) is 22.6 Å². The number of nitrogens with one attached hydrogen (secondary N) is 1. The maximum atomic E-state index is 12.2. The number of hydrogen-bond acceptors (Lipinski definition) is 5. The molecule has 0 unspecified atom stereocenters. The number of aromatic nitrogens is 2. The predicted molar refractivity (Wildman–Crippen MR) is 82.9 cm³/mol. The molecule has 2 aromatic rings. The van der Waals surface area contributed by atoms with Gasteiger partial charge in [0.2, 0.25) is 0 Å². The number of nitrogens with two attached hydrogens (primary N) is 1. The van der Waals surface area contributed by atoms with Crippen LogP contribution in [0.15, 0.2) is 17.5 Å². The third-order valence-electron chi connectivity index (χ3n) is 2.83. The van der Waals surface area contributed by atoms with Crippen LogP contribution in [-0.2, 0) is 6.54 Å². The monoisotopic (exact) mass is 300 g/mol. The molecule has 1 amide bonds. The quantitative estimate of drug-likeness (QED) is 0.840. The largest absolute Gasteiger partial charge is 0.347 e. The van der Waals surface area contributed by atoms with E-state index in [1.807, 2.05) is 18.4 Å². The van der Waals surface area contributed by atoms with Gasteiger partial charge in [-0.05, 0) is 31.4 Å². The second kappa shape index (κ2) is 6.97. The number of carbonyl (C=O) groups excluding carboxylic acids is 1. The van der Waals surface area contributed by atoms with E-state index in [-0.39, 0.29) is 5.91 Å². The number of hydrogen-bond donors (Lipinski definition) is 2. The van der Waals surface area contributed by atoms with E-state index in [1.54, 1.807) is 24.3 Å². The van der Waals surface area contributed by atoms with Crippen molar-refractivity contribution in [3.63, 3.8) is 0 Å². The van der Waals surface area contributed by atoms with E-state index < -0.39 is 0 Å². The van der Waals surface area contributed by atoms with Crippen LogP contribution in [0.2, 0.25) is 0 Å². The van der Waals surface area contributed by atoms with E-state index >= 15 is 0 Å². The molecule has 0 saturated heterocycles. The molecular weight excluding hydrogens is 284 g/mol. The van der Waals surface area contributed by atoms with Crippen molar-refractivity contribution in [2.75, 3.05) is 6.54 Å². The Hall–Kier alpha value is -2.23. The minimum absolute atomic E-state index is 0.156. The van der Waals surface area contributed by atoms with Crippen molar-refractivity contribution in [3.05, 3.63) is 44.9 Å². The fourth-order valence-corrected chi connectivity index (χ4v) is 2.54. The molecule has 108 valence electrons. The Morgan fingerprint density at radius 2 is 2.24 bits per heavy atom. The fraction of sp³-hybridized carbons (Fsp3) is 0.267. The summed E-state index contributed by atoms with van der Waals surface area (Å²) in [6.07, 6.45) is 0. The first-order valence-electron chi connectivity index (χ1n) is 6.46. The molecule has 0 saturated carbocycles. The van der Waals surface area contributed by atoms with Crippen LogP contribution in [0.3, 0.4) is 0 Å². The molecule has 0 aliphatic heterocycles. The van der Waals surface area contributed by atoms with E-state index in [2.05, 4.69) is 27.4 Å². The van der Waals surface area contributed by atoms with E-state index in [1.165, 1.54) is 0 Å². The summed E-state index contributed by atoms with van der Waals surface area (Å²) in [7, 11) is 0. The van der Waals surface area contributed by atoms with Crippen molar-refractivity contribution >= 4 is 17.2 Å². The molecule has 3 N–H and O–H groups in total. The van der Waals surface area contributed by atoms with Crippen molar-refractivity contribution in [1.82, 2.24) is 15.5 Å². The third kappa shape index (κ3) is 3.88. The zero-order valence-corrected chi connectivity index (χ0v) is 12.8. The molecule has 0 aliphatic rings. The lowest BCUT2D eigenvalue weighted by molar-refractivity contribution is 0.0950. The Morgan fingerprint density at radius 1 is 1.43 bits per heavy atom. The summed E-state index contributed by atoms with van der Waals surface area (Å²) in [5.41, 5.74) is 8.17. The smallest absolute Gasteiger partial charge is 0.253 e. The average Bonchev–Trinajstić information content (AvgIpc) is 2.92. The highest BCUT2D eigenvalue weighted by atomic mass is 32.1. The number of carbonyl (C=O) groups is 1. The summed E-state index contributed by atoms with van der Waals surface area (Å²) in [5.74, 6) is 5.66. The van der Waals surface area contributed by atoms with Gasteiger partial charge in [-0.3, -0.25) is 4.79 Å². The normalized spacial score (nSPS) is 9.86. The van der Waals surface area contributed by atoms with Crippen molar-refractivity contribution in [2.24, 2.45) is 5.73 Å². The average molecular weight is 300 g/mol. The Balaban J connectivity index is 2.08. The minimum Gasteiger partial charge on any atom is -0.347 e. The Bertz CT molecular complexity index is 712. The van der Waals surface area contributed by atoms with Gasteiger partial charge in [0.25, 0.3) is 5.91 Å². The van der Waals surface area contributed by atoms with Crippen LogP contribution < -0.4 is 11.1 Å². The molecule has 0 spiro atoms. The Kier molecular flexibility index (Phi) is 5.04. The van der Waals surface area contributed by atoms with E-state index in [0.29, 0.717) is 24.3 Å². The maximum Gasteiger partial charge on any atom is 0.253 e. The lowest BCUT2D eigenvalue weighted by Gasteiger charge is -2.06. The second-order valence-electron chi connectivity index (χ2n) is 4.43. The standard InChI is InChI=1S/C15H16N4OS/c1-10-8-13(11(2)19-18-10)15(20)17-9-14-12(4-3-6-16)5-7-21-14/h5,7-8H,6,9,16H2,1-2H3,(H,17,20). The van der Waals surface area contributed by atoms with E-state index in [9.17, 15) is 4.79 Å². The molecule has 0 bridgehead atoms. The molecule has 2 heterocycles. The van der Waals surface area contributed by atoms with Crippen LogP contribution in [0.4, 0.5) is 0 Å². The number of aryl methyl sites for hydroxylation is 2. The predicted octanol–water partition coefficient (Wildman–Crippen LogP) is 1.40. The molecule has 0 atom stereocenters. The van der Waals surface area contributed by atoms with Crippen LogP contribution >= 0.6 is 11.3 Å². The van der Waals surface area contributed by atoms with Gasteiger partial charge in [-0.2, -0.15) is 10.2 Å². The first kappa shape index (κ1) is 15.2. The van der Waals surface area contributed by atoms with Crippen molar-refractivity contribution in [2.45, 2.75) is 20.4 Å². The van der Waals surface area contributed by atoms with Gasteiger partial charge in [0.05, 0.1) is 30.0 Å². The van der Waals surface area contributed by atoms with Gasteiger partial charge in [0, 0.05) is 10.4 Å². The zero-order valence-electron chi connectivity index (χ0n) is 11.9. The SMILES string of the molecule is Cc1cc(C(=O)NCc2sccc2C#CCN)c(C)nn1.